The van der Waals surface area contributed by atoms with Crippen LogP contribution in [0.1, 0.15) is 31.1 Å². The molecule has 1 rings (SSSR count). The van der Waals surface area contributed by atoms with Crippen molar-refractivity contribution in [2.45, 2.75) is 20.8 Å². The number of benzene rings is 1. The number of esters is 1. The molecule has 0 fully saturated rings. The number of hydrogen-bond acceptors (Lipinski definition) is 2. The molecule has 1 aromatic carbocycles. The van der Waals surface area contributed by atoms with E-state index in [4.69, 9.17) is 4.74 Å². The minimum absolute atomic E-state index is 0.0248. The maximum absolute atomic E-state index is 11.5. The molecule has 0 amide bonds. The molecule has 0 unspecified atom stereocenters. The third kappa shape index (κ3) is 4.45. The average molecular weight is 204 g/mol. The van der Waals surface area contributed by atoms with Gasteiger partial charge in [0.25, 0.3) is 0 Å². The molecule has 0 aromatic heterocycles. The van der Waals surface area contributed by atoms with Crippen molar-refractivity contribution in [2.75, 3.05) is 0 Å². The fraction of sp³-hybridized carbons (Fsp3) is 0.308. The van der Waals surface area contributed by atoms with Crippen molar-refractivity contribution in [1.82, 2.24) is 0 Å². The zero-order chi connectivity index (χ0) is 11.3. The first-order valence-electron chi connectivity index (χ1n) is 4.93. The molecule has 0 N–H and O–H groups in total. The zero-order valence-electron chi connectivity index (χ0n) is 9.36. The standard InChI is InChI=1S/C13H16O2/c1-13(2,3)9-10-15-12(14)11-7-5-4-6-8-11/h4-10H,1-3H3. The molecule has 15 heavy (non-hydrogen) atoms. The summed E-state index contributed by atoms with van der Waals surface area (Å²) in [5.41, 5.74) is 0.591. The van der Waals surface area contributed by atoms with Crippen LogP contribution in [0.4, 0.5) is 0 Å². The predicted octanol–water partition coefficient (Wildman–Crippen LogP) is 3.40. The molecule has 0 heterocycles. The Bertz CT molecular complexity index is 345. The van der Waals surface area contributed by atoms with Crippen molar-refractivity contribution in [3.63, 3.8) is 0 Å². The molecule has 1 aromatic rings. The Kier molecular flexibility index (Phi) is 3.67. The number of carbonyl (C=O) groups excluding carboxylic acids is 1. The Morgan fingerprint density at radius 2 is 1.80 bits per heavy atom. The first-order valence-corrected chi connectivity index (χ1v) is 4.93. The summed E-state index contributed by atoms with van der Waals surface area (Å²) in [6.07, 6.45) is 3.31. The molecule has 2 nitrogen and oxygen atoms in total. The molecule has 0 atom stereocenters. The summed E-state index contributed by atoms with van der Waals surface area (Å²) in [6, 6.07) is 8.94. The van der Waals surface area contributed by atoms with Crippen molar-refractivity contribution in [3.8, 4) is 0 Å². The molecular formula is C13H16O2. The van der Waals surface area contributed by atoms with E-state index >= 15 is 0 Å². The Morgan fingerprint density at radius 3 is 2.33 bits per heavy atom. The molecule has 0 aliphatic rings. The minimum atomic E-state index is -0.323. The lowest BCUT2D eigenvalue weighted by atomic mass is 9.97. The highest BCUT2D eigenvalue weighted by Crippen LogP contribution is 2.14. The van der Waals surface area contributed by atoms with Gasteiger partial charge >= 0.3 is 5.97 Å². The summed E-state index contributed by atoms with van der Waals surface area (Å²) in [5.74, 6) is -0.323. The fourth-order valence-electron chi connectivity index (χ4n) is 0.942. The summed E-state index contributed by atoms with van der Waals surface area (Å²) >= 11 is 0. The van der Waals surface area contributed by atoms with Crippen LogP contribution in [0.2, 0.25) is 0 Å². The van der Waals surface area contributed by atoms with E-state index in [-0.39, 0.29) is 11.4 Å². The molecule has 0 radical (unpaired) electrons. The van der Waals surface area contributed by atoms with Crippen LogP contribution in [0.5, 0.6) is 0 Å². The average Bonchev–Trinajstić information content (AvgIpc) is 2.17. The van der Waals surface area contributed by atoms with Gasteiger partial charge in [-0.2, -0.15) is 0 Å². The van der Waals surface area contributed by atoms with Gasteiger partial charge in [0.2, 0.25) is 0 Å². The fourth-order valence-corrected chi connectivity index (χ4v) is 0.942. The summed E-state index contributed by atoms with van der Waals surface area (Å²) in [7, 11) is 0. The highest BCUT2D eigenvalue weighted by molar-refractivity contribution is 5.89. The summed E-state index contributed by atoms with van der Waals surface area (Å²) < 4.78 is 4.98. The van der Waals surface area contributed by atoms with E-state index in [1.807, 2.05) is 45.0 Å². The normalized spacial score (nSPS) is 11.7. The van der Waals surface area contributed by atoms with Gasteiger partial charge in [0.15, 0.2) is 0 Å². The van der Waals surface area contributed by atoms with Crippen LogP contribution in [-0.2, 0) is 4.74 Å². The Hall–Kier alpha value is -1.57. The van der Waals surface area contributed by atoms with E-state index in [9.17, 15) is 4.79 Å². The zero-order valence-corrected chi connectivity index (χ0v) is 9.36. The van der Waals surface area contributed by atoms with Gasteiger partial charge in [0, 0.05) is 0 Å². The van der Waals surface area contributed by atoms with Crippen molar-refractivity contribution in [3.05, 3.63) is 48.2 Å². The maximum atomic E-state index is 11.5. The number of rotatable bonds is 2. The molecule has 0 aliphatic heterocycles. The van der Waals surface area contributed by atoms with Crippen molar-refractivity contribution in [2.24, 2.45) is 5.41 Å². The molecule has 0 aliphatic carbocycles. The maximum Gasteiger partial charge on any atom is 0.342 e. The monoisotopic (exact) mass is 204 g/mol. The van der Waals surface area contributed by atoms with E-state index in [1.165, 1.54) is 6.26 Å². The number of carbonyl (C=O) groups is 1. The molecule has 2 heteroatoms. The molecule has 0 bridgehead atoms. The van der Waals surface area contributed by atoms with Gasteiger partial charge < -0.3 is 4.74 Å². The minimum Gasteiger partial charge on any atom is -0.431 e. The first-order chi connectivity index (χ1) is 6.99. The lowest BCUT2D eigenvalue weighted by molar-refractivity contribution is 0.0660. The van der Waals surface area contributed by atoms with E-state index in [2.05, 4.69) is 0 Å². The van der Waals surface area contributed by atoms with E-state index in [1.54, 1.807) is 12.1 Å². The van der Waals surface area contributed by atoms with Crippen LogP contribution < -0.4 is 0 Å². The predicted molar refractivity (Wildman–Crippen MR) is 60.5 cm³/mol. The highest BCUT2D eigenvalue weighted by atomic mass is 16.5. The van der Waals surface area contributed by atoms with Gasteiger partial charge in [-0.25, -0.2) is 4.79 Å². The topological polar surface area (TPSA) is 26.3 Å². The Labute approximate surface area is 90.6 Å². The van der Waals surface area contributed by atoms with Crippen molar-refractivity contribution >= 4 is 5.97 Å². The second kappa shape index (κ2) is 4.78. The van der Waals surface area contributed by atoms with Crippen LogP contribution in [0, 0.1) is 5.41 Å². The van der Waals surface area contributed by atoms with E-state index < -0.39 is 0 Å². The molecule has 0 saturated heterocycles. The van der Waals surface area contributed by atoms with Crippen molar-refractivity contribution < 1.29 is 9.53 Å². The number of allylic oxidation sites excluding steroid dienone is 1. The quantitative estimate of drug-likeness (QED) is 0.545. The number of hydrogen-bond donors (Lipinski definition) is 0. The van der Waals surface area contributed by atoms with E-state index in [0.717, 1.165) is 0 Å². The van der Waals surface area contributed by atoms with Crippen LogP contribution in [0.15, 0.2) is 42.7 Å². The first kappa shape index (κ1) is 11.5. The van der Waals surface area contributed by atoms with Gasteiger partial charge in [-0.15, -0.1) is 0 Å². The lowest BCUT2D eigenvalue weighted by Crippen LogP contribution is -2.03. The largest absolute Gasteiger partial charge is 0.431 e. The Morgan fingerprint density at radius 1 is 1.20 bits per heavy atom. The van der Waals surface area contributed by atoms with Gasteiger partial charge in [0.05, 0.1) is 11.8 Å². The van der Waals surface area contributed by atoms with Crippen LogP contribution >= 0.6 is 0 Å². The molecular weight excluding hydrogens is 188 g/mol. The lowest BCUT2D eigenvalue weighted by Gasteiger charge is -2.10. The summed E-state index contributed by atoms with van der Waals surface area (Å²) in [6.45, 7) is 6.12. The third-order valence-electron chi connectivity index (χ3n) is 1.75. The molecule has 0 spiro atoms. The molecule has 0 saturated carbocycles. The summed E-state index contributed by atoms with van der Waals surface area (Å²) in [5, 5.41) is 0. The van der Waals surface area contributed by atoms with Crippen LogP contribution in [0.3, 0.4) is 0 Å². The van der Waals surface area contributed by atoms with Gasteiger partial charge in [-0.3, -0.25) is 0 Å². The summed E-state index contributed by atoms with van der Waals surface area (Å²) in [4.78, 5) is 11.5. The van der Waals surface area contributed by atoms with Gasteiger partial charge in [-0.05, 0) is 23.6 Å². The van der Waals surface area contributed by atoms with Gasteiger partial charge in [0.1, 0.15) is 0 Å². The number of ether oxygens (including phenoxy) is 1. The smallest absolute Gasteiger partial charge is 0.342 e. The third-order valence-corrected chi connectivity index (χ3v) is 1.75. The van der Waals surface area contributed by atoms with Crippen molar-refractivity contribution in [1.29, 1.82) is 0 Å². The van der Waals surface area contributed by atoms with Gasteiger partial charge in [-0.1, -0.05) is 39.0 Å². The Balaban J connectivity index is 2.55. The second-order valence-corrected chi connectivity index (χ2v) is 4.44. The highest BCUT2D eigenvalue weighted by Gasteiger charge is 2.06. The van der Waals surface area contributed by atoms with Crippen LogP contribution in [-0.4, -0.2) is 5.97 Å². The second-order valence-electron chi connectivity index (χ2n) is 4.44. The van der Waals surface area contributed by atoms with Crippen LogP contribution in [0.25, 0.3) is 0 Å². The SMILES string of the molecule is CC(C)(C)C=COC(=O)c1ccccc1. The van der Waals surface area contributed by atoms with E-state index in [0.29, 0.717) is 5.56 Å². The molecule has 80 valence electrons.